The summed E-state index contributed by atoms with van der Waals surface area (Å²) in [6.07, 6.45) is 1.16. The molecule has 1 heterocycles. The molecule has 4 heteroatoms. The van der Waals surface area contributed by atoms with Crippen molar-refractivity contribution < 1.29 is 9.47 Å². The quantitative estimate of drug-likeness (QED) is 0.739. The minimum atomic E-state index is 0.488. The number of methoxy groups -OCH3 is 1. The number of hydrogen-bond acceptors (Lipinski definition) is 4. The van der Waals surface area contributed by atoms with Crippen LogP contribution in [-0.2, 0) is 9.47 Å². The fourth-order valence-electron chi connectivity index (χ4n) is 2.74. The van der Waals surface area contributed by atoms with E-state index in [4.69, 9.17) is 9.47 Å². The Labute approximate surface area is 122 Å². The number of ether oxygens (including phenoxy) is 2. The first kappa shape index (κ1) is 15.3. The van der Waals surface area contributed by atoms with Gasteiger partial charge in [0.05, 0.1) is 19.8 Å². The first-order valence-electron chi connectivity index (χ1n) is 7.50. The zero-order valence-corrected chi connectivity index (χ0v) is 12.6. The van der Waals surface area contributed by atoms with Crippen molar-refractivity contribution in [3.8, 4) is 0 Å². The van der Waals surface area contributed by atoms with Crippen LogP contribution in [0.15, 0.2) is 24.3 Å². The van der Waals surface area contributed by atoms with Crippen LogP contribution in [0, 0.1) is 0 Å². The molecule has 0 saturated carbocycles. The van der Waals surface area contributed by atoms with E-state index < -0.39 is 0 Å². The van der Waals surface area contributed by atoms with Crippen molar-refractivity contribution in [2.45, 2.75) is 19.4 Å². The average Bonchev–Trinajstić information content (AvgIpc) is 2.49. The average molecular weight is 278 g/mol. The van der Waals surface area contributed by atoms with Gasteiger partial charge in [0.1, 0.15) is 0 Å². The van der Waals surface area contributed by atoms with Crippen LogP contribution in [0.3, 0.4) is 0 Å². The molecule has 0 fully saturated rings. The van der Waals surface area contributed by atoms with E-state index in [2.05, 4.69) is 41.4 Å². The third-order valence-corrected chi connectivity index (χ3v) is 3.73. The lowest BCUT2D eigenvalue weighted by Gasteiger charge is -2.36. The second kappa shape index (κ2) is 8.25. The summed E-state index contributed by atoms with van der Waals surface area (Å²) in [5.74, 6) is 0. The number of nitrogens with one attached hydrogen (secondary N) is 1. The molecule has 0 amide bonds. The van der Waals surface area contributed by atoms with Crippen LogP contribution in [0.1, 0.15) is 24.9 Å². The van der Waals surface area contributed by atoms with E-state index >= 15 is 0 Å². The van der Waals surface area contributed by atoms with Gasteiger partial charge in [-0.25, -0.2) is 0 Å². The molecule has 1 atom stereocenters. The Hall–Kier alpha value is -1.10. The molecule has 0 aliphatic carbocycles. The van der Waals surface area contributed by atoms with E-state index in [1.54, 1.807) is 7.11 Å². The van der Waals surface area contributed by atoms with E-state index in [0.717, 1.165) is 32.7 Å². The lowest BCUT2D eigenvalue weighted by Crippen LogP contribution is -2.37. The van der Waals surface area contributed by atoms with Gasteiger partial charge >= 0.3 is 0 Å². The van der Waals surface area contributed by atoms with Crippen molar-refractivity contribution in [3.63, 3.8) is 0 Å². The van der Waals surface area contributed by atoms with E-state index in [0.29, 0.717) is 19.3 Å². The smallest absolute Gasteiger partial charge is 0.0701 e. The van der Waals surface area contributed by atoms with Gasteiger partial charge < -0.3 is 19.7 Å². The molecule has 1 aromatic carbocycles. The molecule has 0 aromatic heterocycles. The summed E-state index contributed by atoms with van der Waals surface area (Å²) in [6.45, 7) is 7.30. The van der Waals surface area contributed by atoms with Crippen LogP contribution in [-0.4, -0.2) is 46.6 Å². The van der Waals surface area contributed by atoms with Crippen molar-refractivity contribution in [2.24, 2.45) is 0 Å². The molecule has 20 heavy (non-hydrogen) atoms. The normalized spacial score (nSPS) is 18.1. The van der Waals surface area contributed by atoms with Crippen LogP contribution in [0.2, 0.25) is 0 Å². The van der Waals surface area contributed by atoms with Crippen molar-refractivity contribution in [1.29, 1.82) is 0 Å². The molecule has 2 rings (SSSR count). The van der Waals surface area contributed by atoms with Crippen LogP contribution < -0.4 is 10.2 Å². The third kappa shape index (κ3) is 3.95. The van der Waals surface area contributed by atoms with Gasteiger partial charge in [0.25, 0.3) is 0 Å². The molecular formula is C16H26N2O2. The first-order valence-corrected chi connectivity index (χ1v) is 7.50. The summed E-state index contributed by atoms with van der Waals surface area (Å²) >= 11 is 0. The highest BCUT2D eigenvalue weighted by molar-refractivity contribution is 5.56. The summed E-state index contributed by atoms with van der Waals surface area (Å²) in [5.41, 5.74) is 2.76. The first-order chi connectivity index (χ1) is 9.86. The van der Waals surface area contributed by atoms with Crippen molar-refractivity contribution >= 4 is 5.69 Å². The Bertz CT molecular complexity index is 398. The number of nitrogens with zero attached hydrogens (tertiary/aromatic N) is 1. The predicted octanol–water partition coefficient (Wildman–Crippen LogP) is 2.21. The van der Waals surface area contributed by atoms with Crippen molar-refractivity contribution in [3.05, 3.63) is 29.8 Å². The van der Waals surface area contributed by atoms with Crippen molar-refractivity contribution in [1.82, 2.24) is 5.32 Å². The second-order valence-electron chi connectivity index (χ2n) is 5.05. The van der Waals surface area contributed by atoms with Crippen LogP contribution >= 0.6 is 0 Å². The Kier molecular flexibility index (Phi) is 6.30. The summed E-state index contributed by atoms with van der Waals surface area (Å²) in [6, 6.07) is 9.18. The predicted molar refractivity (Wildman–Crippen MR) is 82.4 cm³/mol. The number of para-hydroxylation sites is 1. The Balaban J connectivity index is 1.93. The van der Waals surface area contributed by atoms with E-state index in [9.17, 15) is 0 Å². The van der Waals surface area contributed by atoms with Gasteiger partial charge in [-0.1, -0.05) is 25.1 Å². The maximum atomic E-state index is 5.58. The molecule has 0 bridgehead atoms. The van der Waals surface area contributed by atoms with E-state index in [-0.39, 0.29) is 0 Å². The topological polar surface area (TPSA) is 33.7 Å². The highest BCUT2D eigenvalue weighted by atomic mass is 16.5. The van der Waals surface area contributed by atoms with Gasteiger partial charge in [0.2, 0.25) is 0 Å². The lowest BCUT2D eigenvalue weighted by atomic mass is 9.96. The second-order valence-corrected chi connectivity index (χ2v) is 5.05. The van der Waals surface area contributed by atoms with E-state index in [1.165, 1.54) is 11.3 Å². The minimum Gasteiger partial charge on any atom is -0.382 e. The number of benzene rings is 1. The Morgan fingerprint density at radius 1 is 1.25 bits per heavy atom. The molecule has 4 nitrogen and oxygen atoms in total. The zero-order chi connectivity index (χ0) is 14.2. The highest BCUT2D eigenvalue weighted by Gasteiger charge is 2.23. The maximum Gasteiger partial charge on any atom is 0.0701 e. The molecule has 1 N–H and O–H groups in total. The van der Waals surface area contributed by atoms with E-state index in [1.807, 2.05) is 0 Å². The lowest BCUT2D eigenvalue weighted by molar-refractivity contribution is 0.0738. The summed E-state index contributed by atoms with van der Waals surface area (Å²) in [5, 5.41) is 3.57. The standard InChI is InChI=1S/C16H26N2O2/c1-3-17-15-8-9-18(10-11-20-13-12-19-2)16-7-5-4-6-14(15)16/h4-7,15,17H,3,8-13H2,1-2H3. The molecule has 1 unspecified atom stereocenters. The fourth-order valence-corrected chi connectivity index (χ4v) is 2.74. The van der Waals surface area contributed by atoms with Gasteiger partial charge in [-0.3, -0.25) is 0 Å². The fraction of sp³-hybridized carbons (Fsp3) is 0.625. The number of rotatable bonds is 8. The van der Waals surface area contributed by atoms with Gasteiger partial charge in [-0.05, 0) is 24.6 Å². The third-order valence-electron chi connectivity index (χ3n) is 3.73. The Morgan fingerprint density at radius 2 is 2.10 bits per heavy atom. The maximum absolute atomic E-state index is 5.58. The van der Waals surface area contributed by atoms with Gasteiger partial charge in [-0.2, -0.15) is 0 Å². The van der Waals surface area contributed by atoms with Crippen LogP contribution in [0.4, 0.5) is 5.69 Å². The molecule has 1 aromatic rings. The summed E-state index contributed by atoms with van der Waals surface area (Å²) in [4.78, 5) is 2.43. The molecule has 0 radical (unpaired) electrons. The van der Waals surface area contributed by atoms with Gasteiger partial charge in [-0.15, -0.1) is 0 Å². The molecule has 112 valence electrons. The summed E-state index contributed by atoms with van der Waals surface area (Å²) < 4.78 is 10.6. The Morgan fingerprint density at radius 3 is 2.90 bits per heavy atom. The minimum absolute atomic E-state index is 0.488. The molecular weight excluding hydrogens is 252 g/mol. The highest BCUT2D eigenvalue weighted by Crippen LogP contribution is 2.33. The van der Waals surface area contributed by atoms with Crippen molar-refractivity contribution in [2.75, 3.05) is 51.5 Å². The molecule has 0 saturated heterocycles. The van der Waals surface area contributed by atoms with Crippen LogP contribution in [0.25, 0.3) is 0 Å². The largest absolute Gasteiger partial charge is 0.382 e. The van der Waals surface area contributed by atoms with Gasteiger partial charge in [0.15, 0.2) is 0 Å². The molecule has 0 spiro atoms. The molecule has 1 aliphatic heterocycles. The monoisotopic (exact) mass is 278 g/mol. The van der Waals surface area contributed by atoms with Gasteiger partial charge in [0, 0.05) is 31.9 Å². The number of fused-ring (bicyclic) bond motifs is 1. The summed E-state index contributed by atoms with van der Waals surface area (Å²) in [7, 11) is 1.70. The zero-order valence-electron chi connectivity index (χ0n) is 12.6. The number of hydrogen-bond donors (Lipinski definition) is 1. The van der Waals surface area contributed by atoms with Crippen LogP contribution in [0.5, 0.6) is 0 Å². The number of anilines is 1. The molecule has 1 aliphatic rings. The SMILES string of the molecule is CCNC1CCN(CCOCCOC)c2ccccc21.